The number of aromatic carboxylic acids is 1. The minimum absolute atomic E-state index is 0.0213. The molecule has 10 heteroatoms. The summed E-state index contributed by atoms with van der Waals surface area (Å²) in [5, 5.41) is 9.57. The zero-order valence-corrected chi connectivity index (χ0v) is 20.2. The minimum atomic E-state index is -1.24. The maximum atomic E-state index is 14.4. The fourth-order valence-corrected chi connectivity index (χ4v) is 4.01. The Balaban J connectivity index is 1.58. The summed E-state index contributed by atoms with van der Waals surface area (Å²) in [7, 11) is 1.37. The van der Waals surface area contributed by atoms with Gasteiger partial charge in [-0.15, -0.1) is 0 Å². The Bertz CT molecular complexity index is 1270. The van der Waals surface area contributed by atoms with Crippen LogP contribution in [0.5, 0.6) is 23.0 Å². The highest BCUT2D eigenvalue weighted by Crippen LogP contribution is 2.35. The second-order valence-corrected chi connectivity index (χ2v) is 8.52. The molecule has 8 nitrogen and oxygen atoms in total. The van der Waals surface area contributed by atoms with E-state index in [1.807, 2.05) is 0 Å². The number of methoxy groups -OCH3 is 1. The maximum absolute atomic E-state index is 14.4. The highest BCUT2D eigenvalue weighted by molar-refractivity contribution is 9.10. The number of carbonyl (C=O) groups is 2. The summed E-state index contributed by atoms with van der Waals surface area (Å²) in [6, 6.07) is 14.3. The topological polar surface area (TPSA) is 94.5 Å². The quantitative estimate of drug-likeness (QED) is 0.418. The Labute approximate surface area is 208 Å². The van der Waals surface area contributed by atoms with Crippen LogP contribution in [0, 0.1) is 5.82 Å². The van der Waals surface area contributed by atoms with Crippen LogP contribution >= 0.6 is 15.9 Å². The second kappa shape index (κ2) is 10.6. The number of nitrogens with zero attached hydrogens (tertiary/aromatic N) is 1. The van der Waals surface area contributed by atoms with E-state index >= 15 is 0 Å². The van der Waals surface area contributed by atoms with Gasteiger partial charge < -0.3 is 29.0 Å². The smallest absolute Gasteiger partial charge is 0.339 e. The number of halogens is 2. The molecular formula is C25H21BrFNO7. The number of hydrogen-bond acceptors (Lipinski definition) is 6. The number of hydrogen-bond donors (Lipinski definition) is 1. The number of carboxylic acids is 1. The van der Waals surface area contributed by atoms with Crippen LogP contribution in [0.15, 0.2) is 59.1 Å². The van der Waals surface area contributed by atoms with Gasteiger partial charge in [-0.3, -0.25) is 4.79 Å². The Morgan fingerprint density at radius 3 is 2.60 bits per heavy atom. The van der Waals surface area contributed by atoms with Crippen molar-refractivity contribution in [2.24, 2.45) is 0 Å². The SMILES string of the molecule is COc1cc(Br)cc(C(=O)O)c1OCC(=O)N(Cc1ccc2c(c1)OCO2)Cc1ccccc1F. The van der Waals surface area contributed by atoms with Gasteiger partial charge in [0.25, 0.3) is 5.91 Å². The van der Waals surface area contributed by atoms with Crippen molar-refractivity contribution in [2.75, 3.05) is 20.5 Å². The van der Waals surface area contributed by atoms with Gasteiger partial charge in [0, 0.05) is 23.1 Å². The summed E-state index contributed by atoms with van der Waals surface area (Å²) in [4.78, 5) is 26.4. The monoisotopic (exact) mass is 545 g/mol. The zero-order chi connectivity index (χ0) is 24.9. The second-order valence-electron chi connectivity index (χ2n) is 7.61. The van der Waals surface area contributed by atoms with Crippen LogP contribution in [0.25, 0.3) is 0 Å². The van der Waals surface area contributed by atoms with Crippen LogP contribution in [0.2, 0.25) is 0 Å². The standard InChI is InChI=1S/C25H21BrFNO7/c1-32-22-10-17(26)9-18(25(30)31)24(22)33-13-23(29)28(12-16-4-2-3-5-19(16)27)11-15-6-7-20-21(8-15)35-14-34-20/h2-10H,11-14H2,1H3,(H,30,31). The van der Waals surface area contributed by atoms with Crippen molar-refractivity contribution >= 4 is 27.8 Å². The summed E-state index contributed by atoms with van der Waals surface area (Å²) >= 11 is 3.23. The fourth-order valence-electron chi connectivity index (χ4n) is 3.58. The molecule has 0 bridgehead atoms. The lowest BCUT2D eigenvalue weighted by molar-refractivity contribution is -0.134. The number of benzene rings is 3. The predicted octanol–water partition coefficient (Wildman–Crippen LogP) is 4.63. The molecule has 0 spiro atoms. The van der Waals surface area contributed by atoms with Gasteiger partial charge in [0.15, 0.2) is 29.6 Å². The Morgan fingerprint density at radius 1 is 1.09 bits per heavy atom. The lowest BCUT2D eigenvalue weighted by Gasteiger charge is -2.24. The summed E-state index contributed by atoms with van der Waals surface area (Å²) in [5.41, 5.74) is 0.904. The van der Waals surface area contributed by atoms with Crippen molar-refractivity contribution < 1.29 is 38.0 Å². The highest BCUT2D eigenvalue weighted by Gasteiger charge is 2.23. The molecule has 182 valence electrons. The molecule has 0 saturated heterocycles. The molecule has 1 amide bonds. The molecule has 1 heterocycles. The first-order valence-corrected chi connectivity index (χ1v) is 11.3. The fraction of sp³-hybridized carbons (Fsp3) is 0.200. The summed E-state index contributed by atoms with van der Waals surface area (Å²) < 4.78 is 36.5. The molecule has 0 saturated carbocycles. The molecule has 0 unspecified atom stereocenters. The van der Waals surface area contributed by atoms with Gasteiger partial charge in [0.1, 0.15) is 11.4 Å². The highest BCUT2D eigenvalue weighted by atomic mass is 79.9. The number of carbonyl (C=O) groups excluding carboxylic acids is 1. The third kappa shape index (κ3) is 5.65. The van der Waals surface area contributed by atoms with Crippen LogP contribution in [0.4, 0.5) is 4.39 Å². The van der Waals surface area contributed by atoms with E-state index in [1.54, 1.807) is 36.4 Å². The average Bonchev–Trinajstić information content (AvgIpc) is 3.31. The molecule has 0 atom stereocenters. The number of rotatable bonds is 9. The lowest BCUT2D eigenvalue weighted by atomic mass is 10.1. The summed E-state index contributed by atoms with van der Waals surface area (Å²) in [5.74, 6) is -0.927. The van der Waals surface area contributed by atoms with Crippen LogP contribution in [0.1, 0.15) is 21.5 Å². The van der Waals surface area contributed by atoms with E-state index in [1.165, 1.54) is 30.2 Å². The van der Waals surface area contributed by atoms with Crippen molar-refractivity contribution in [2.45, 2.75) is 13.1 Å². The number of amides is 1. The van der Waals surface area contributed by atoms with E-state index in [-0.39, 0.29) is 36.9 Å². The Hall–Kier alpha value is -3.79. The molecule has 1 aliphatic rings. The molecule has 0 aliphatic carbocycles. The first kappa shape index (κ1) is 24.3. The molecule has 1 N–H and O–H groups in total. The molecule has 3 aromatic rings. The molecule has 4 rings (SSSR count). The van der Waals surface area contributed by atoms with E-state index in [0.29, 0.717) is 21.5 Å². The maximum Gasteiger partial charge on any atom is 0.339 e. The van der Waals surface area contributed by atoms with E-state index in [0.717, 1.165) is 5.56 Å². The number of ether oxygens (including phenoxy) is 4. The normalized spacial score (nSPS) is 11.7. The molecule has 0 fully saturated rings. The minimum Gasteiger partial charge on any atom is -0.493 e. The molecule has 0 aromatic heterocycles. The van der Waals surface area contributed by atoms with Gasteiger partial charge in [0.05, 0.1) is 7.11 Å². The first-order valence-electron chi connectivity index (χ1n) is 10.5. The van der Waals surface area contributed by atoms with Gasteiger partial charge in [-0.25, -0.2) is 9.18 Å². The van der Waals surface area contributed by atoms with E-state index < -0.39 is 24.3 Å². The lowest BCUT2D eigenvalue weighted by Crippen LogP contribution is -2.34. The van der Waals surface area contributed by atoms with E-state index in [2.05, 4.69) is 15.9 Å². The molecule has 3 aromatic carbocycles. The van der Waals surface area contributed by atoms with Crippen molar-refractivity contribution in [3.63, 3.8) is 0 Å². The van der Waals surface area contributed by atoms with Gasteiger partial charge in [-0.05, 0) is 35.9 Å². The van der Waals surface area contributed by atoms with Crippen molar-refractivity contribution in [1.29, 1.82) is 0 Å². The molecule has 0 radical (unpaired) electrons. The Kier molecular flexibility index (Phi) is 7.40. The third-order valence-corrected chi connectivity index (χ3v) is 5.75. The molecule has 1 aliphatic heterocycles. The molecular weight excluding hydrogens is 525 g/mol. The van der Waals surface area contributed by atoms with Gasteiger partial charge >= 0.3 is 5.97 Å². The first-order chi connectivity index (χ1) is 16.9. The van der Waals surface area contributed by atoms with Crippen molar-refractivity contribution in [3.8, 4) is 23.0 Å². The summed E-state index contributed by atoms with van der Waals surface area (Å²) in [6.07, 6.45) is 0. The molecule has 35 heavy (non-hydrogen) atoms. The van der Waals surface area contributed by atoms with Crippen LogP contribution in [-0.2, 0) is 17.9 Å². The Morgan fingerprint density at radius 2 is 1.86 bits per heavy atom. The van der Waals surface area contributed by atoms with Crippen LogP contribution < -0.4 is 18.9 Å². The van der Waals surface area contributed by atoms with Gasteiger partial charge in [-0.1, -0.05) is 40.2 Å². The zero-order valence-electron chi connectivity index (χ0n) is 18.6. The average molecular weight is 546 g/mol. The summed E-state index contributed by atoms with van der Waals surface area (Å²) in [6.45, 7) is -0.258. The van der Waals surface area contributed by atoms with Crippen molar-refractivity contribution in [1.82, 2.24) is 4.90 Å². The largest absolute Gasteiger partial charge is 0.493 e. The van der Waals surface area contributed by atoms with Crippen LogP contribution in [0.3, 0.4) is 0 Å². The number of fused-ring (bicyclic) bond motifs is 1. The van der Waals surface area contributed by atoms with Gasteiger partial charge in [-0.2, -0.15) is 0 Å². The van der Waals surface area contributed by atoms with E-state index in [9.17, 15) is 19.1 Å². The third-order valence-electron chi connectivity index (χ3n) is 5.29. The van der Waals surface area contributed by atoms with E-state index in [4.69, 9.17) is 18.9 Å². The number of carboxylic acid groups (broad SMARTS) is 1. The van der Waals surface area contributed by atoms with Crippen molar-refractivity contribution in [3.05, 3.63) is 81.6 Å². The van der Waals surface area contributed by atoms with Crippen LogP contribution in [-0.4, -0.2) is 42.4 Å². The van der Waals surface area contributed by atoms with Gasteiger partial charge in [0.2, 0.25) is 6.79 Å². The predicted molar refractivity (Wildman–Crippen MR) is 126 cm³/mol.